The molecule has 1 unspecified atom stereocenters. The second kappa shape index (κ2) is 7.49. The van der Waals surface area contributed by atoms with Crippen LogP contribution in [-0.4, -0.2) is 41.4 Å². The molecule has 0 radical (unpaired) electrons. The van der Waals surface area contributed by atoms with Gasteiger partial charge in [0.25, 0.3) is 0 Å². The number of rotatable bonds is 7. The molecule has 7 heteroatoms. The molecule has 0 amide bonds. The van der Waals surface area contributed by atoms with Crippen molar-refractivity contribution in [2.75, 3.05) is 23.9 Å². The highest BCUT2D eigenvalue weighted by atomic mass is 32.2. The molecule has 0 bridgehead atoms. The number of esters is 1. The van der Waals surface area contributed by atoms with E-state index in [0.29, 0.717) is 10.0 Å². The van der Waals surface area contributed by atoms with Gasteiger partial charge in [0.15, 0.2) is 16.6 Å². The van der Waals surface area contributed by atoms with Crippen molar-refractivity contribution in [3.63, 3.8) is 0 Å². The third-order valence-electron chi connectivity index (χ3n) is 2.20. The van der Waals surface area contributed by atoms with Crippen LogP contribution in [0.2, 0.25) is 0 Å². The number of anilines is 1. The average Bonchev–Trinajstić information content (AvgIpc) is 2.73. The predicted molar refractivity (Wildman–Crippen MR) is 79.5 cm³/mol. The van der Waals surface area contributed by atoms with Crippen molar-refractivity contribution < 1.29 is 14.3 Å². The van der Waals surface area contributed by atoms with Crippen LogP contribution in [-0.2, 0) is 4.74 Å². The highest BCUT2D eigenvalue weighted by molar-refractivity contribution is 7.98. The van der Waals surface area contributed by atoms with Crippen molar-refractivity contribution in [1.82, 2.24) is 4.98 Å². The summed E-state index contributed by atoms with van der Waals surface area (Å²) in [6, 6.07) is 0.219. The van der Waals surface area contributed by atoms with E-state index in [1.807, 2.05) is 13.2 Å². The van der Waals surface area contributed by atoms with E-state index < -0.39 is 5.97 Å². The molecule has 19 heavy (non-hydrogen) atoms. The maximum Gasteiger partial charge on any atom is 0.358 e. The Morgan fingerprint density at radius 1 is 1.53 bits per heavy atom. The second-order valence-electron chi connectivity index (χ2n) is 3.97. The van der Waals surface area contributed by atoms with E-state index in [4.69, 9.17) is 4.74 Å². The van der Waals surface area contributed by atoms with E-state index in [1.54, 1.807) is 18.7 Å². The first kappa shape index (κ1) is 16.0. The van der Waals surface area contributed by atoms with Crippen molar-refractivity contribution in [3.8, 4) is 0 Å². The Kier molecular flexibility index (Phi) is 6.30. The van der Waals surface area contributed by atoms with Gasteiger partial charge in [0, 0.05) is 18.7 Å². The molecule has 5 nitrogen and oxygen atoms in total. The molecule has 106 valence electrons. The predicted octanol–water partition coefficient (Wildman–Crippen LogP) is 2.69. The molecular weight excluding hydrogens is 284 g/mol. The largest absolute Gasteiger partial charge is 0.461 e. The van der Waals surface area contributed by atoms with Crippen LogP contribution in [0.25, 0.3) is 0 Å². The highest BCUT2D eigenvalue weighted by Crippen LogP contribution is 2.25. The lowest BCUT2D eigenvalue weighted by Gasteiger charge is -2.10. The Balaban J connectivity index is 2.94. The fraction of sp³-hybridized carbons (Fsp3) is 0.583. The molecule has 0 fully saturated rings. The van der Waals surface area contributed by atoms with Crippen molar-refractivity contribution in [2.45, 2.75) is 26.8 Å². The molecule has 0 saturated heterocycles. The highest BCUT2D eigenvalue weighted by Gasteiger charge is 2.22. The number of carbonyl (C=O) groups excluding carboxylic acids is 2. The normalized spacial score (nSPS) is 12.0. The molecule has 1 atom stereocenters. The van der Waals surface area contributed by atoms with Crippen molar-refractivity contribution in [2.24, 2.45) is 0 Å². The van der Waals surface area contributed by atoms with Gasteiger partial charge in [-0.25, -0.2) is 9.78 Å². The first-order valence-electron chi connectivity index (χ1n) is 5.93. The molecule has 1 aromatic rings. The minimum Gasteiger partial charge on any atom is -0.461 e. The minimum atomic E-state index is -0.547. The number of ether oxygens (including phenoxy) is 1. The summed E-state index contributed by atoms with van der Waals surface area (Å²) in [7, 11) is 0. The summed E-state index contributed by atoms with van der Waals surface area (Å²) in [5.41, 5.74) is 0.109. The summed E-state index contributed by atoms with van der Waals surface area (Å²) in [5, 5.41) is 3.76. The maximum atomic E-state index is 11.7. The number of hydrogen-bond donors (Lipinski definition) is 1. The first-order chi connectivity index (χ1) is 8.99. The monoisotopic (exact) mass is 302 g/mol. The van der Waals surface area contributed by atoms with E-state index in [1.165, 1.54) is 18.3 Å². The van der Waals surface area contributed by atoms with Crippen molar-refractivity contribution >= 4 is 40.0 Å². The summed E-state index contributed by atoms with van der Waals surface area (Å²) >= 11 is 2.91. The number of thioether (sulfide) groups is 1. The second-order valence-corrected chi connectivity index (χ2v) is 5.88. The molecule has 0 saturated carbocycles. The zero-order chi connectivity index (χ0) is 14.4. The number of carbonyl (C=O) groups is 2. The number of Topliss-reactive ketones (excluding diaryl/α,β-unsaturated/α-hetero) is 1. The molecule has 0 aliphatic heterocycles. The Labute approximate surface area is 121 Å². The number of ketones is 1. The fourth-order valence-electron chi connectivity index (χ4n) is 1.46. The Bertz CT molecular complexity index is 460. The third-order valence-corrected chi connectivity index (χ3v) is 4.12. The zero-order valence-corrected chi connectivity index (χ0v) is 13.1. The molecule has 1 heterocycles. The average molecular weight is 302 g/mol. The lowest BCUT2D eigenvalue weighted by atomic mass is 10.3. The van der Waals surface area contributed by atoms with Gasteiger partial charge in [-0.15, -0.1) is 0 Å². The van der Waals surface area contributed by atoms with Gasteiger partial charge < -0.3 is 10.1 Å². The van der Waals surface area contributed by atoms with Gasteiger partial charge >= 0.3 is 5.97 Å². The van der Waals surface area contributed by atoms with Gasteiger partial charge in [-0.3, -0.25) is 4.79 Å². The van der Waals surface area contributed by atoms with Gasteiger partial charge in [0.05, 0.1) is 6.61 Å². The number of aromatic nitrogens is 1. The lowest BCUT2D eigenvalue weighted by molar-refractivity contribution is 0.0517. The van der Waals surface area contributed by atoms with E-state index in [2.05, 4.69) is 10.3 Å². The fourth-order valence-corrected chi connectivity index (χ4v) is 3.00. The van der Waals surface area contributed by atoms with Crippen LogP contribution in [0.5, 0.6) is 0 Å². The van der Waals surface area contributed by atoms with Crippen molar-refractivity contribution in [1.29, 1.82) is 0 Å². The molecular formula is C12H18N2O3S2. The molecule has 0 aromatic carbocycles. The standard InChI is InChI=1S/C12H18N2O3S2/c1-5-17-11(16)9-10(8(3)15)19-12(14-9)13-7(2)6-18-4/h7H,5-6H2,1-4H3,(H,13,14). The molecule has 1 N–H and O–H groups in total. The molecule has 0 spiro atoms. The van der Waals surface area contributed by atoms with Gasteiger partial charge in [-0.2, -0.15) is 11.8 Å². The molecule has 0 aliphatic rings. The van der Waals surface area contributed by atoms with Gasteiger partial charge in [0.1, 0.15) is 4.88 Å². The van der Waals surface area contributed by atoms with Crippen LogP contribution in [0.1, 0.15) is 40.9 Å². The Hall–Kier alpha value is -1.08. The SMILES string of the molecule is CCOC(=O)c1nc(NC(C)CSC)sc1C(C)=O. The Morgan fingerprint density at radius 3 is 2.74 bits per heavy atom. The smallest absolute Gasteiger partial charge is 0.358 e. The number of hydrogen-bond acceptors (Lipinski definition) is 7. The summed E-state index contributed by atoms with van der Waals surface area (Å²) in [5.74, 6) is 0.199. The maximum absolute atomic E-state index is 11.7. The van der Waals surface area contributed by atoms with Gasteiger partial charge in [-0.1, -0.05) is 11.3 Å². The number of nitrogens with zero attached hydrogens (tertiary/aromatic N) is 1. The topological polar surface area (TPSA) is 68.3 Å². The van der Waals surface area contributed by atoms with Crippen LogP contribution in [0.4, 0.5) is 5.13 Å². The van der Waals surface area contributed by atoms with E-state index in [-0.39, 0.29) is 24.1 Å². The van der Waals surface area contributed by atoms with Crippen LogP contribution >= 0.6 is 23.1 Å². The van der Waals surface area contributed by atoms with Gasteiger partial charge in [0.2, 0.25) is 0 Å². The molecule has 0 aliphatic carbocycles. The molecule has 1 aromatic heterocycles. The number of thiazole rings is 1. The summed E-state index contributed by atoms with van der Waals surface area (Å²) in [6.45, 7) is 5.43. The van der Waals surface area contributed by atoms with Crippen LogP contribution in [0.15, 0.2) is 0 Å². The summed E-state index contributed by atoms with van der Waals surface area (Å²) in [6.07, 6.45) is 2.02. The summed E-state index contributed by atoms with van der Waals surface area (Å²) in [4.78, 5) is 27.8. The van der Waals surface area contributed by atoms with Crippen LogP contribution in [0, 0.1) is 0 Å². The van der Waals surface area contributed by atoms with Crippen LogP contribution < -0.4 is 5.32 Å². The van der Waals surface area contributed by atoms with Gasteiger partial charge in [-0.05, 0) is 20.1 Å². The first-order valence-corrected chi connectivity index (χ1v) is 8.15. The zero-order valence-electron chi connectivity index (χ0n) is 11.5. The third kappa shape index (κ3) is 4.50. The minimum absolute atomic E-state index is 0.109. The Morgan fingerprint density at radius 2 is 2.21 bits per heavy atom. The quantitative estimate of drug-likeness (QED) is 0.617. The van der Waals surface area contributed by atoms with E-state index in [9.17, 15) is 9.59 Å². The number of nitrogens with one attached hydrogen (secondary N) is 1. The summed E-state index contributed by atoms with van der Waals surface area (Å²) < 4.78 is 4.91. The lowest BCUT2D eigenvalue weighted by Crippen LogP contribution is -2.17. The van der Waals surface area contributed by atoms with Crippen LogP contribution in [0.3, 0.4) is 0 Å². The van der Waals surface area contributed by atoms with E-state index in [0.717, 1.165) is 5.75 Å². The van der Waals surface area contributed by atoms with Crippen molar-refractivity contribution in [3.05, 3.63) is 10.6 Å². The van der Waals surface area contributed by atoms with E-state index >= 15 is 0 Å². The molecule has 1 rings (SSSR count).